The van der Waals surface area contributed by atoms with Crippen LogP contribution in [0.4, 0.5) is 5.69 Å². The van der Waals surface area contributed by atoms with Crippen molar-refractivity contribution < 1.29 is 9.53 Å². The van der Waals surface area contributed by atoms with Gasteiger partial charge in [0.15, 0.2) is 6.73 Å². The number of likely N-dealkylation sites (N-methyl/N-ethyl adjacent to an activating group) is 1. The number of carbonyl (C=O) groups excluding carboxylic acids is 1. The molecule has 0 radical (unpaired) electrons. The largest absolute Gasteiger partial charge is 0.471 e. The third-order valence-corrected chi connectivity index (χ3v) is 6.69. The molecule has 1 fully saturated rings. The molecule has 0 saturated carbocycles. The SMILES string of the molecule is C[C@@H]1CN(C)CCN1c1cc(Cl)c(C(=O)N2COc3c(Br)cccc3C2)c(Cl)c1. The number of amides is 1. The summed E-state index contributed by atoms with van der Waals surface area (Å²) in [5.41, 5.74) is 2.20. The average molecular weight is 499 g/mol. The number of para-hydroxylation sites is 1. The Morgan fingerprint density at radius 2 is 1.93 bits per heavy atom. The smallest absolute Gasteiger partial charge is 0.259 e. The molecule has 5 nitrogen and oxygen atoms in total. The van der Waals surface area contributed by atoms with Gasteiger partial charge in [0.25, 0.3) is 5.91 Å². The van der Waals surface area contributed by atoms with Gasteiger partial charge in [-0.2, -0.15) is 0 Å². The Morgan fingerprint density at radius 1 is 1.21 bits per heavy atom. The molecule has 0 spiro atoms. The first-order valence-electron chi connectivity index (χ1n) is 9.49. The first kappa shape index (κ1) is 20.8. The minimum absolute atomic E-state index is 0.151. The first-order valence-corrected chi connectivity index (χ1v) is 11.0. The number of hydrogen-bond donors (Lipinski definition) is 0. The fraction of sp³-hybridized carbons (Fsp3) is 0.381. The standard InChI is InChI=1S/C21H22BrCl2N3O2/c1-13-10-25(2)6-7-27(13)15-8-17(23)19(18(24)9-15)21(28)26-11-14-4-3-5-16(22)20(14)29-12-26/h3-5,8-9,13H,6-7,10-12H2,1-2H3/t13-/m1/s1. The molecule has 0 unspecified atom stereocenters. The minimum Gasteiger partial charge on any atom is -0.471 e. The van der Waals surface area contributed by atoms with Gasteiger partial charge < -0.3 is 19.4 Å². The van der Waals surface area contributed by atoms with E-state index >= 15 is 0 Å². The van der Waals surface area contributed by atoms with Crippen molar-refractivity contribution in [2.45, 2.75) is 19.5 Å². The van der Waals surface area contributed by atoms with Gasteiger partial charge in [-0.05, 0) is 48.1 Å². The van der Waals surface area contributed by atoms with Gasteiger partial charge in [0, 0.05) is 36.9 Å². The fourth-order valence-corrected chi connectivity index (χ4v) is 5.13. The van der Waals surface area contributed by atoms with Crippen molar-refractivity contribution in [2.24, 2.45) is 0 Å². The maximum absolute atomic E-state index is 13.2. The monoisotopic (exact) mass is 497 g/mol. The summed E-state index contributed by atoms with van der Waals surface area (Å²) in [5.74, 6) is 0.539. The Kier molecular flexibility index (Phi) is 5.98. The number of halogens is 3. The lowest BCUT2D eigenvalue weighted by Crippen LogP contribution is -2.50. The van der Waals surface area contributed by atoms with Crippen molar-refractivity contribution in [3.63, 3.8) is 0 Å². The van der Waals surface area contributed by atoms with Crippen LogP contribution in [0.15, 0.2) is 34.8 Å². The van der Waals surface area contributed by atoms with Gasteiger partial charge in [-0.25, -0.2) is 0 Å². The van der Waals surface area contributed by atoms with Crippen LogP contribution in [0.1, 0.15) is 22.8 Å². The van der Waals surface area contributed by atoms with E-state index in [-0.39, 0.29) is 12.6 Å². The highest BCUT2D eigenvalue weighted by Gasteiger charge is 2.29. The van der Waals surface area contributed by atoms with E-state index in [0.717, 1.165) is 41.1 Å². The molecule has 0 aromatic heterocycles. The topological polar surface area (TPSA) is 36.0 Å². The van der Waals surface area contributed by atoms with E-state index in [1.807, 2.05) is 30.3 Å². The predicted octanol–water partition coefficient (Wildman–Crippen LogP) is 4.89. The second kappa shape index (κ2) is 8.34. The Morgan fingerprint density at radius 3 is 2.62 bits per heavy atom. The van der Waals surface area contributed by atoms with Crippen molar-refractivity contribution >= 4 is 50.7 Å². The quantitative estimate of drug-likeness (QED) is 0.590. The number of fused-ring (bicyclic) bond motifs is 1. The highest BCUT2D eigenvalue weighted by molar-refractivity contribution is 9.10. The van der Waals surface area contributed by atoms with Crippen LogP contribution < -0.4 is 9.64 Å². The number of anilines is 1. The molecule has 0 aliphatic carbocycles. The van der Waals surface area contributed by atoms with Gasteiger partial charge in [0.05, 0.1) is 26.6 Å². The zero-order valence-corrected chi connectivity index (χ0v) is 19.4. The second-order valence-electron chi connectivity index (χ2n) is 7.59. The molecular weight excluding hydrogens is 477 g/mol. The normalized spacial score (nSPS) is 19.7. The van der Waals surface area contributed by atoms with E-state index in [4.69, 9.17) is 27.9 Å². The molecule has 154 valence electrons. The zero-order valence-electron chi connectivity index (χ0n) is 16.3. The molecular formula is C21H22BrCl2N3O2. The van der Waals surface area contributed by atoms with Crippen LogP contribution in [0, 0.1) is 0 Å². The Balaban J connectivity index is 1.58. The summed E-state index contributed by atoms with van der Waals surface area (Å²) in [5, 5.41) is 0.729. The molecule has 4 rings (SSSR count). The molecule has 0 bridgehead atoms. The number of hydrogen-bond acceptors (Lipinski definition) is 4. The molecule has 2 aromatic rings. The molecule has 2 heterocycles. The second-order valence-corrected chi connectivity index (χ2v) is 9.26. The van der Waals surface area contributed by atoms with Crippen LogP contribution in [-0.2, 0) is 6.54 Å². The Labute approximate surface area is 189 Å². The molecule has 1 amide bonds. The minimum atomic E-state index is -0.233. The van der Waals surface area contributed by atoms with Crippen LogP contribution in [0.25, 0.3) is 0 Å². The number of rotatable bonds is 2. The molecule has 29 heavy (non-hydrogen) atoms. The lowest BCUT2D eigenvalue weighted by atomic mass is 10.1. The molecule has 1 atom stereocenters. The molecule has 2 aliphatic heterocycles. The molecule has 2 aliphatic rings. The van der Waals surface area contributed by atoms with Crippen LogP contribution in [-0.4, -0.2) is 55.2 Å². The van der Waals surface area contributed by atoms with E-state index in [0.29, 0.717) is 28.2 Å². The van der Waals surface area contributed by atoms with Crippen LogP contribution in [0.2, 0.25) is 10.0 Å². The van der Waals surface area contributed by atoms with Gasteiger partial charge in [0.1, 0.15) is 5.75 Å². The van der Waals surface area contributed by atoms with Crippen molar-refractivity contribution in [3.05, 3.63) is 56.0 Å². The predicted molar refractivity (Wildman–Crippen MR) is 120 cm³/mol. The number of ether oxygens (including phenoxy) is 1. The summed E-state index contributed by atoms with van der Waals surface area (Å²) >= 11 is 16.6. The molecule has 8 heteroatoms. The Bertz CT molecular complexity index is 933. The van der Waals surface area contributed by atoms with Gasteiger partial charge in [-0.15, -0.1) is 0 Å². The summed E-state index contributed by atoms with van der Waals surface area (Å²) in [6.45, 7) is 5.60. The highest BCUT2D eigenvalue weighted by atomic mass is 79.9. The maximum Gasteiger partial charge on any atom is 0.259 e. The average Bonchev–Trinajstić information content (AvgIpc) is 2.67. The van der Waals surface area contributed by atoms with E-state index in [2.05, 4.69) is 39.7 Å². The van der Waals surface area contributed by atoms with Gasteiger partial charge in [-0.1, -0.05) is 35.3 Å². The van der Waals surface area contributed by atoms with E-state index in [1.165, 1.54) is 0 Å². The third kappa shape index (κ3) is 4.08. The lowest BCUT2D eigenvalue weighted by molar-refractivity contribution is 0.0512. The van der Waals surface area contributed by atoms with E-state index in [9.17, 15) is 4.79 Å². The van der Waals surface area contributed by atoms with E-state index in [1.54, 1.807) is 4.90 Å². The number of nitrogens with zero attached hydrogens (tertiary/aromatic N) is 3. The number of piperazine rings is 1. The van der Waals surface area contributed by atoms with Crippen molar-refractivity contribution in [1.82, 2.24) is 9.80 Å². The van der Waals surface area contributed by atoms with Crippen LogP contribution in [0.3, 0.4) is 0 Å². The highest BCUT2D eigenvalue weighted by Crippen LogP contribution is 2.36. The van der Waals surface area contributed by atoms with Crippen LogP contribution in [0.5, 0.6) is 5.75 Å². The summed E-state index contributed by atoms with van der Waals surface area (Å²) < 4.78 is 6.67. The van der Waals surface area contributed by atoms with Gasteiger partial charge >= 0.3 is 0 Å². The van der Waals surface area contributed by atoms with Gasteiger partial charge in [-0.3, -0.25) is 4.79 Å². The first-order chi connectivity index (χ1) is 13.8. The number of benzene rings is 2. The molecule has 0 N–H and O–H groups in total. The van der Waals surface area contributed by atoms with E-state index < -0.39 is 0 Å². The summed E-state index contributed by atoms with van der Waals surface area (Å²) in [6, 6.07) is 9.82. The number of carbonyl (C=O) groups is 1. The van der Waals surface area contributed by atoms with Crippen LogP contribution >= 0.6 is 39.1 Å². The molecule has 1 saturated heterocycles. The zero-order chi connectivity index (χ0) is 20.7. The Hall–Kier alpha value is -1.47. The fourth-order valence-electron chi connectivity index (χ4n) is 3.98. The van der Waals surface area contributed by atoms with Crippen molar-refractivity contribution in [2.75, 3.05) is 38.3 Å². The van der Waals surface area contributed by atoms with Gasteiger partial charge in [0.2, 0.25) is 0 Å². The molecule has 2 aromatic carbocycles. The summed E-state index contributed by atoms with van der Waals surface area (Å²) in [4.78, 5) is 19.4. The van der Waals surface area contributed by atoms with Crippen molar-refractivity contribution in [3.8, 4) is 5.75 Å². The maximum atomic E-state index is 13.2. The van der Waals surface area contributed by atoms with Crippen molar-refractivity contribution in [1.29, 1.82) is 0 Å². The summed E-state index contributed by atoms with van der Waals surface area (Å²) in [6.07, 6.45) is 0. The summed E-state index contributed by atoms with van der Waals surface area (Å²) in [7, 11) is 2.12. The third-order valence-electron chi connectivity index (χ3n) is 5.46. The lowest BCUT2D eigenvalue weighted by Gasteiger charge is -2.40.